The first-order valence-corrected chi connectivity index (χ1v) is 11.6. The third-order valence-corrected chi connectivity index (χ3v) is 7.61. The van der Waals surface area contributed by atoms with Gasteiger partial charge in [0.15, 0.2) is 0 Å². The second-order valence-corrected chi connectivity index (χ2v) is 9.60. The van der Waals surface area contributed by atoms with Gasteiger partial charge in [-0.1, -0.05) is 18.5 Å². The van der Waals surface area contributed by atoms with Crippen molar-refractivity contribution in [2.24, 2.45) is 0 Å². The summed E-state index contributed by atoms with van der Waals surface area (Å²) in [7, 11) is -3.55. The van der Waals surface area contributed by atoms with Gasteiger partial charge in [-0.15, -0.1) is 0 Å². The molecule has 1 aromatic carbocycles. The Morgan fingerprint density at radius 3 is 2.57 bits per heavy atom. The van der Waals surface area contributed by atoms with Crippen LogP contribution in [-0.4, -0.2) is 48.8 Å². The van der Waals surface area contributed by atoms with Crippen molar-refractivity contribution in [3.8, 4) is 0 Å². The normalized spacial score (nSPS) is 16.2. The molecule has 2 aromatic heterocycles. The number of pyridine rings is 1. The summed E-state index contributed by atoms with van der Waals surface area (Å²) in [5.74, 6) is 0. The maximum atomic E-state index is 12.8. The van der Waals surface area contributed by atoms with E-state index in [9.17, 15) is 13.2 Å². The summed E-state index contributed by atoms with van der Waals surface area (Å²) in [5, 5.41) is 1.45. The third-order valence-electron chi connectivity index (χ3n) is 5.38. The van der Waals surface area contributed by atoms with Gasteiger partial charge >= 0.3 is 5.63 Å². The Hall–Kier alpha value is -2.26. The van der Waals surface area contributed by atoms with Crippen molar-refractivity contribution >= 4 is 32.6 Å². The van der Waals surface area contributed by atoms with Crippen LogP contribution in [0.5, 0.6) is 0 Å². The first-order chi connectivity index (χ1) is 14.4. The first kappa shape index (κ1) is 21.0. The molecule has 0 N–H and O–H groups in total. The molecule has 0 bridgehead atoms. The van der Waals surface area contributed by atoms with Crippen molar-refractivity contribution in [1.82, 2.24) is 14.2 Å². The number of aromatic nitrogens is 1. The minimum absolute atomic E-state index is 0.200. The lowest BCUT2D eigenvalue weighted by atomic mass is 10.1. The van der Waals surface area contributed by atoms with E-state index >= 15 is 0 Å². The molecular formula is C21H22ClN3O4S. The molecule has 1 aliphatic heterocycles. The Labute approximate surface area is 179 Å². The monoisotopic (exact) mass is 447 g/mol. The molecule has 0 radical (unpaired) electrons. The van der Waals surface area contributed by atoms with Gasteiger partial charge in [-0.25, -0.2) is 13.2 Å². The highest BCUT2D eigenvalue weighted by Gasteiger charge is 2.28. The molecule has 0 aliphatic carbocycles. The molecule has 3 aromatic rings. The number of benzene rings is 1. The molecule has 1 saturated heterocycles. The predicted molar refractivity (Wildman–Crippen MR) is 115 cm³/mol. The van der Waals surface area contributed by atoms with Gasteiger partial charge in [0.05, 0.1) is 0 Å². The average molecular weight is 448 g/mol. The summed E-state index contributed by atoms with van der Waals surface area (Å²) < 4.78 is 32.4. The fraction of sp³-hybridized carbons (Fsp3) is 0.333. The lowest BCUT2D eigenvalue weighted by molar-refractivity contribution is 0.182. The number of sulfonamides is 1. The van der Waals surface area contributed by atoms with Gasteiger partial charge in [-0.2, -0.15) is 4.31 Å². The van der Waals surface area contributed by atoms with E-state index < -0.39 is 15.6 Å². The van der Waals surface area contributed by atoms with Crippen molar-refractivity contribution in [2.45, 2.75) is 24.8 Å². The van der Waals surface area contributed by atoms with E-state index in [0.717, 1.165) is 22.9 Å². The van der Waals surface area contributed by atoms with E-state index in [-0.39, 0.29) is 4.90 Å². The van der Waals surface area contributed by atoms with E-state index in [4.69, 9.17) is 16.0 Å². The van der Waals surface area contributed by atoms with Crippen LogP contribution >= 0.6 is 11.6 Å². The molecule has 158 valence electrons. The van der Waals surface area contributed by atoms with Gasteiger partial charge in [-0.3, -0.25) is 9.88 Å². The Bertz CT molecular complexity index is 1220. The van der Waals surface area contributed by atoms with Crippen LogP contribution in [0.25, 0.3) is 11.0 Å². The van der Waals surface area contributed by atoms with Crippen LogP contribution in [0.15, 0.2) is 56.8 Å². The molecule has 1 aliphatic rings. The highest BCUT2D eigenvalue weighted by Crippen LogP contribution is 2.27. The highest BCUT2D eigenvalue weighted by atomic mass is 35.5. The molecule has 0 spiro atoms. The molecule has 3 heterocycles. The maximum absolute atomic E-state index is 12.8. The maximum Gasteiger partial charge on any atom is 0.336 e. The zero-order valence-corrected chi connectivity index (χ0v) is 18.1. The van der Waals surface area contributed by atoms with Crippen LogP contribution in [0.3, 0.4) is 0 Å². The number of hydrogen-bond acceptors (Lipinski definition) is 6. The van der Waals surface area contributed by atoms with E-state index in [1.807, 2.05) is 19.1 Å². The van der Waals surface area contributed by atoms with E-state index in [1.165, 1.54) is 16.6 Å². The quantitative estimate of drug-likeness (QED) is 0.559. The smallest absolute Gasteiger partial charge is 0.336 e. The zero-order chi connectivity index (χ0) is 21.3. The molecule has 0 unspecified atom stereocenters. The summed E-state index contributed by atoms with van der Waals surface area (Å²) in [5.41, 5.74) is 1.88. The Morgan fingerprint density at radius 1 is 1.13 bits per heavy atom. The van der Waals surface area contributed by atoms with Crippen molar-refractivity contribution < 1.29 is 12.8 Å². The van der Waals surface area contributed by atoms with Crippen LogP contribution in [0.2, 0.25) is 5.02 Å². The van der Waals surface area contributed by atoms with Gasteiger partial charge in [0, 0.05) is 61.6 Å². The minimum Gasteiger partial charge on any atom is -0.423 e. The highest BCUT2D eigenvalue weighted by molar-refractivity contribution is 7.89. The lowest BCUT2D eigenvalue weighted by Gasteiger charge is -2.34. The zero-order valence-electron chi connectivity index (χ0n) is 16.5. The standard InChI is InChI=1S/C21H22ClN3O4S/c1-2-15-10-20-18(12-19(15)22)16(11-21(26)29-20)14-24-6-8-25(9-7-24)30(27,28)17-4-3-5-23-13-17/h3-5,10-13H,2,6-9,14H2,1H3. The summed E-state index contributed by atoms with van der Waals surface area (Å²) in [6.07, 6.45) is 3.66. The molecule has 0 atom stereocenters. The van der Waals surface area contributed by atoms with Gasteiger partial charge in [0.2, 0.25) is 10.0 Å². The number of aryl methyl sites for hydroxylation is 1. The third kappa shape index (κ3) is 4.13. The fourth-order valence-electron chi connectivity index (χ4n) is 3.71. The van der Waals surface area contributed by atoms with Gasteiger partial charge in [0.25, 0.3) is 0 Å². The van der Waals surface area contributed by atoms with E-state index in [0.29, 0.717) is 43.3 Å². The molecule has 7 nitrogen and oxygen atoms in total. The molecule has 9 heteroatoms. The molecule has 30 heavy (non-hydrogen) atoms. The second-order valence-electron chi connectivity index (χ2n) is 7.25. The lowest BCUT2D eigenvalue weighted by Crippen LogP contribution is -2.48. The molecule has 0 saturated carbocycles. The number of rotatable bonds is 5. The van der Waals surface area contributed by atoms with Gasteiger partial charge < -0.3 is 4.42 Å². The molecular weight excluding hydrogens is 426 g/mol. The number of piperazine rings is 1. The van der Waals surface area contributed by atoms with Crippen molar-refractivity contribution in [2.75, 3.05) is 26.2 Å². The summed E-state index contributed by atoms with van der Waals surface area (Å²) >= 11 is 6.37. The Morgan fingerprint density at radius 2 is 1.90 bits per heavy atom. The summed E-state index contributed by atoms with van der Waals surface area (Å²) in [6, 6.07) is 8.32. The summed E-state index contributed by atoms with van der Waals surface area (Å²) in [6.45, 7) is 4.37. The number of halogens is 1. The van der Waals surface area contributed by atoms with Crippen LogP contribution in [-0.2, 0) is 23.0 Å². The number of nitrogens with zero attached hydrogens (tertiary/aromatic N) is 3. The fourth-order valence-corrected chi connectivity index (χ4v) is 5.39. The first-order valence-electron chi connectivity index (χ1n) is 9.76. The Balaban J connectivity index is 1.52. The number of fused-ring (bicyclic) bond motifs is 1. The largest absolute Gasteiger partial charge is 0.423 e. The summed E-state index contributed by atoms with van der Waals surface area (Å²) in [4.78, 5) is 18.3. The van der Waals surface area contributed by atoms with Crippen LogP contribution in [0.4, 0.5) is 0 Å². The van der Waals surface area contributed by atoms with E-state index in [1.54, 1.807) is 18.3 Å². The van der Waals surface area contributed by atoms with Gasteiger partial charge in [-0.05, 0) is 41.8 Å². The van der Waals surface area contributed by atoms with Gasteiger partial charge in [0.1, 0.15) is 10.5 Å². The Kier molecular flexibility index (Phi) is 5.92. The molecule has 1 fully saturated rings. The molecule has 4 rings (SSSR count). The average Bonchev–Trinajstić information content (AvgIpc) is 2.75. The predicted octanol–water partition coefficient (Wildman–Crippen LogP) is 2.91. The second kappa shape index (κ2) is 8.47. The van der Waals surface area contributed by atoms with Crippen LogP contribution < -0.4 is 5.63 Å². The van der Waals surface area contributed by atoms with Crippen LogP contribution in [0, 0.1) is 0 Å². The van der Waals surface area contributed by atoms with Crippen molar-refractivity contribution in [3.63, 3.8) is 0 Å². The van der Waals surface area contributed by atoms with Crippen molar-refractivity contribution in [1.29, 1.82) is 0 Å². The number of hydrogen-bond donors (Lipinski definition) is 0. The topological polar surface area (TPSA) is 83.7 Å². The van der Waals surface area contributed by atoms with Crippen molar-refractivity contribution in [3.05, 3.63) is 69.3 Å². The molecule has 0 amide bonds. The van der Waals surface area contributed by atoms with E-state index in [2.05, 4.69) is 9.88 Å². The minimum atomic E-state index is -3.55. The van der Waals surface area contributed by atoms with Crippen LogP contribution in [0.1, 0.15) is 18.1 Å². The SMILES string of the molecule is CCc1cc2oc(=O)cc(CN3CCN(S(=O)(=O)c4cccnc4)CC3)c2cc1Cl.